The van der Waals surface area contributed by atoms with Crippen molar-refractivity contribution in [3.05, 3.63) is 77.9 Å². The SMILES string of the molecule is COc1cc(OC)c2nc(NC(=O)c3ccc(S(=O)(=O)N(C)Cc4ccccc4)cc3)sc2c1. The largest absolute Gasteiger partial charge is 0.497 e. The molecule has 176 valence electrons. The Hall–Kier alpha value is -3.47. The van der Waals surface area contributed by atoms with Gasteiger partial charge in [0.1, 0.15) is 17.0 Å². The Labute approximate surface area is 201 Å². The highest BCUT2D eigenvalue weighted by atomic mass is 32.2. The van der Waals surface area contributed by atoms with E-state index >= 15 is 0 Å². The molecule has 10 heteroatoms. The maximum atomic E-state index is 12.9. The molecule has 0 unspecified atom stereocenters. The number of amides is 1. The molecule has 0 saturated carbocycles. The Morgan fingerprint density at radius 2 is 1.74 bits per heavy atom. The van der Waals surface area contributed by atoms with E-state index in [9.17, 15) is 13.2 Å². The third-order valence-corrected chi connectivity index (χ3v) is 7.92. The molecule has 4 aromatic rings. The van der Waals surface area contributed by atoms with E-state index in [1.165, 1.54) is 47.0 Å². The van der Waals surface area contributed by atoms with Crippen molar-refractivity contribution in [3.8, 4) is 11.5 Å². The van der Waals surface area contributed by atoms with Crippen molar-refractivity contribution in [3.63, 3.8) is 0 Å². The normalized spacial score (nSPS) is 11.5. The number of aromatic nitrogens is 1. The van der Waals surface area contributed by atoms with Gasteiger partial charge >= 0.3 is 0 Å². The molecule has 1 amide bonds. The number of nitrogens with one attached hydrogen (secondary N) is 1. The van der Waals surface area contributed by atoms with E-state index in [0.717, 1.165) is 10.3 Å². The summed E-state index contributed by atoms with van der Waals surface area (Å²) in [6.07, 6.45) is 0. The van der Waals surface area contributed by atoms with Gasteiger partial charge in [-0.05, 0) is 35.9 Å². The smallest absolute Gasteiger partial charge is 0.257 e. The summed E-state index contributed by atoms with van der Waals surface area (Å²) in [6.45, 7) is 0.247. The molecule has 0 bridgehead atoms. The summed E-state index contributed by atoms with van der Waals surface area (Å²) < 4.78 is 38.5. The molecular weight excluding hydrogens is 474 g/mol. The van der Waals surface area contributed by atoms with Crippen LogP contribution in [0.1, 0.15) is 15.9 Å². The summed E-state index contributed by atoms with van der Waals surface area (Å²) in [7, 11) is 0.926. The third kappa shape index (κ3) is 4.89. The zero-order valence-electron chi connectivity index (χ0n) is 18.8. The van der Waals surface area contributed by atoms with Gasteiger partial charge in [0.2, 0.25) is 10.0 Å². The molecule has 0 aliphatic carbocycles. The van der Waals surface area contributed by atoms with E-state index in [4.69, 9.17) is 9.47 Å². The van der Waals surface area contributed by atoms with Gasteiger partial charge in [-0.1, -0.05) is 41.7 Å². The first-order valence-electron chi connectivity index (χ1n) is 10.3. The highest BCUT2D eigenvalue weighted by Crippen LogP contribution is 2.36. The minimum atomic E-state index is -3.70. The van der Waals surface area contributed by atoms with E-state index in [2.05, 4.69) is 10.3 Å². The predicted molar refractivity (Wildman–Crippen MR) is 132 cm³/mol. The number of anilines is 1. The van der Waals surface area contributed by atoms with Gasteiger partial charge in [-0.15, -0.1) is 0 Å². The second-order valence-corrected chi connectivity index (χ2v) is 10.5. The summed E-state index contributed by atoms with van der Waals surface area (Å²) in [5.41, 5.74) is 1.81. The lowest BCUT2D eigenvalue weighted by Gasteiger charge is -2.17. The number of hydrogen-bond acceptors (Lipinski definition) is 7. The maximum Gasteiger partial charge on any atom is 0.257 e. The quantitative estimate of drug-likeness (QED) is 0.388. The Morgan fingerprint density at radius 3 is 2.38 bits per heavy atom. The molecule has 3 aromatic carbocycles. The number of thiazole rings is 1. The number of carbonyl (C=O) groups is 1. The van der Waals surface area contributed by atoms with Gasteiger partial charge in [0.25, 0.3) is 5.91 Å². The van der Waals surface area contributed by atoms with E-state index in [1.807, 2.05) is 36.4 Å². The van der Waals surface area contributed by atoms with Gasteiger partial charge in [-0.25, -0.2) is 13.4 Å². The summed E-state index contributed by atoms with van der Waals surface area (Å²) in [6, 6.07) is 18.7. The first-order chi connectivity index (χ1) is 16.3. The standard InChI is InChI=1S/C24H23N3O5S2/c1-27(15-16-7-5-4-6-8-16)34(29,30)19-11-9-17(10-12-19)23(28)26-24-25-22-20(32-3)13-18(31-2)14-21(22)33-24/h4-14H,15H2,1-3H3,(H,25,26,28). The Kier molecular flexibility index (Phi) is 6.82. The second kappa shape index (κ2) is 9.80. The van der Waals surface area contributed by atoms with Gasteiger partial charge in [0.15, 0.2) is 5.13 Å². The van der Waals surface area contributed by atoms with Crippen molar-refractivity contribution >= 4 is 42.6 Å². The van der Waals surface area contributed by atoms with E-state index < -0.39 is 15.9 Å². The van der Waals surface area contributed by atoms with Crippen LogP contribution in [0.3, 0.4) is 0 Å². The van der Waals surface area contributed by atoms with Crippen LogP contribution in [0.15, 0.2) is 71.6 Å². The zero-order valence-corrected chi connectivity index (χ0v) is 20.4. The molecule has 0 spiro atoms. The van der Waals surface area contributed by atoms with E-state index in [-0.39, 0.29) is 11.4 Å². The van der Waals surface area contributed by atoms with Crippen molar-refractivity contribution in [2.45, 2.75) is 11.4 Å². The van der Waals surface area contributed by atoms with Gasteiger partial charge in [0, 0.05) is 25.2 Å². The average Bonchev–Trinajstić information content (AvgIpc) is 3.26. The summed E-state index contributed by atoms with van der Waals surface area (Å²) in [4.78, 5) is 17.3. The summed E-state index contributed by atoms with van der Waals surface area (Å²) >= 11 is 1.29. The Balaban J connectivity index is 1.50. The third-order valence-electron chi connectivity index (χ3n) is 5.18. The molecule has 1 N–H and O–H groups in total. The van der Waals surface area contributed by atoms with E-state index in [1.54, 1.807) is 20.3 Å². The van der Waals surface area contributed by atoms with Crippen LogP contribution in [0.5, 0.6) is 11.5 Å². The lowest BCUT2D eigenvalue weighted by Crippen LogP contribution is -2.26. The fourth-order valence-corrected chi connectivity index (χ4v) is 5.42. The van der Waals surface area contributed by atoms with Gasteiger partial charge < -0.3 is 9.47 Å². The highest BCUT2D eigenvalue weighted by molar-refractivity contribution is 7.89. The van der Waals surface area contributed by atoms with Crippen LogP contribution in [0.25, 0.3) is 10.2 Å². The number of carbonyl (C=O) groups excluding carboxylic acids is 1. The molecule has 0 aliphatic heterocycles. The number of nitrogens with zero attached hydrogens (tertiary/aromatic N) is 2. The average molecular weight is 498 g/mol. The molecule has 8 nitrogen and oxygen atoms in total. The number of sulfonamides is 1. The molecule has 0 radical (unpaired) electrons. The topological polar surface area (TPSA) is 97.8 Å². The maximum absolute atomic E-state index is 12.9. The fourth-order valence-electron chi connectivity index (χ4n) is 3.35. The van der Waals surface area contributed by atoms with Gasteiger partial charge in [0.05, 0.1) is 23.8 Å². The summed E-state index contributed by atoms with van der Waals surface area (Å²) in [5, 5.41) is 3.16. The van der Waals surface area contributed by atoms with Crippen molar-refractivity contribution in [1.29, 1.82) is 0 Å². The number of benzene rings is 3. The van der Waals surface area contributed by atoms with Gasteiger partial charge in [-0.3, -0.25) is 10.1 Å². The lowest BCUT2D eigenvalue weighted by atomic mass is 10.2. The zero-order chi connectivity index (χ0) is 24.3. The molecule has 0 fully saturated rings. The Morgan fingerprint density at radius 1 is 1.03 bits per heavy atom. The van der Waals surface area contributed by atoms with Crippen LogP contribution in [0, 0.1) is 0 Å². The van der Waals surface area contributed by atoms with Crippen molar-refractivity contribution in [2.75, 3.05) is 26.6 Å². The number of ether oxygens (including phenoxy) is 2. The predicted octanol–water partition coefficient (Wildman–Crippen LogP) is 4.39. The summed E-state index contributed by atoms with van der Waals surface area (Å²) in [5.74, 6) is 0.770. The fraction of sp³-hybridized carbons (Fsp3) is 0.167. The number of rotatable bonds is 8. The van der Waals surface area contributed by atoms with Crippen molar-refractivity contribution in [1.82, 2.24) is 9.29 Å². The molecule has 4 rings (SSSR count). The second-order valence-electron chi connectivity index (χ2n) is 7.42. The molecule has 0 aliphatic rings. The molecule has 1 heterocycles. The number of hydrogen-bond donors (Lipinski definition) is 1. The first kappa shape index (κ1) is 23.7. The number of fused-ring (bicyclic) bond motifs is 1. The van der Waals surface area contributed by atoms with Crippen LogP contribution >= 0.6 is 11.3 Å². The molecular formula is C24H23N3O5S2. The van der Waals surface area contributed by atoms with Crippen LogP contribution < -0.4 is 14.8 Å². The highest BCUT2D eigenvalue weighted by Gasteiger charge is 2.21. The molecule has 0 atom stereocenters. The molecule has 0 saturated heterocycles. The van der Waals surface area contributed by atoms with Crippen LogP contribution in [0.2, 0.25) is 0 Å². The van der Waals surface area contributed by atoms with Crippen LogP contribution in [0.4, 0.5) is 5.13 Å². The lowest BCUT2D eigenvalue weighted by molar-refractivity contribution is 0.102. The monoisotopic (exact) mass is 497 g/mol. The first-order valence-corrected chi connectivity index (χ1v) is 12.5. The van der Waals surface area contributed by atoms with Crippen molar-refractivity contribution < 1.29 is 22.7 Å². The molecule has 34 heavy (non-hydrogen) atoms. The van der Waals surface area contributed by atoms with Crippen LogP contribution in [-0.2, 0) is 16.6 Å². The van der Waals surface area contributed by atoms with Crippen molar-refractivity contribution in [2.24, 2.45) is 0 Å². The minimum Gasteiger partial charge on any atom is -0.497 e. The molecule has 1 aromatic heterocycles. The van der Waals surface area contributed by atoms with Gasteiger partial charge in [-0.2, -0.15) is 4.31 Å². The Bertz CT molecular complexity index is 1420. The minimum absolute atomic E-state index is 0.110. The van der Waals surface area contributed by atoms with Crippen LogP contribution in [-0.4, -0.2) is 44.9 Å². The van der Waals surface area contributed by atoms with E-state index in [0.29, 0.717) is 27.7 Å². The number of methoxy groups -OCH3 is 2.